The molecule has 4 aromatic rings. The number of hydrogen-bond donors (Lipinski definition) is 2. The second-order valence-corrected chi connectivity index (χ2v) is 9.93. The number of amides is 1. The van der Waals surface area contributed by atoms with Crippen LogP contribution in [0.4, 0.5) is 5.69 Å². The lowest BCUT2D eigenvalue weighted by Crippen LogP contribution is -2.26. The van der Waals surface area contributed by atoms with Gasteiger partial charge in [0.1, 0.15) is 13.2 Å². The van der Waals surface area contributed by atoms with E-state index in [1.54, 1.807) is 30.3 Å². The third-order valence-electron chi connectivity index (χ3n) is 5.86. The van der Waals surface area contributed by atoms with E-state index in [1.807, 2.05) is 49.4 Å². The number of sulfonamides is 1. The minimum absolute atomic E-state index is 0.0625. The van der Waals surface area contributed by atoms with Crippen molar-refractivity contribution in [1.29, 1.82) is 0 Å². The van der Waals surface area contributed by atoms with E-state index in [4.69, 9.17) is 9.47 Å². The van der Waals surface area contributed by atoms with Crippen LogP contribution in [0.25, 0.3) is 10.8 Å². The Morgan fingerprint density at radius 1 is 0.857 bits per heavy atom. The Labute approximate surface area is 203 Å². The minimum atomic E-state index is -3.84. The fourth-order valence-electron chi connectivity index (χ4n) is 4.08. The van der Waals surface area contributed by atoms with Gasteiger partial charge in [-0.15, -0.1) is 0 Å². The maximum absolute atomic E-state index is 12.8. The highest BCUT2D eigenvalue weighted by Gasteiger charge is 2.20. The van der Waals surface area contributed by atoms with Gasteiger partial charge in [0.25, 0.3) is 15.9 Å². The summed E-state index contributed by atoms with van der Waals surface area (Å²) in [7, 11) is -3.84. The summed E-state index contributed by atoms with van der Waals surface area (Å²) in [5.41, 5.74) is 1.80. The predicted molar refractivity (Wildman–Crippen MR) is 135 cm³/mol. The Hall–Kier alpha value is -4.04. The molecule has 1 amide bonds. The fourth-order valence-corrected chi connectivity index (χ4v) is 5.15. The molecule has 2 N–H and O–H groups in total. The molecule has 0 spiro atoms. The van der Waals surface area contributed by atoms with E-state index in [0.717, 1.165) is 16.3 Å². The number of anilines is 1. The van der Waals surface area contributed by atoms with Gasteiger partial charge in [0.15, 0.2) is 11.5 Å². The fraction of sp³-hybridized carbons (Fsp3) is 0.148. The van der Waals surface area contributed by atoms with Gasteiger partial charge in [-0.25, -0.2) is 8.42 Å². The molecule has 1 aliphatic rings. The maximum atomic E-state index is 12.8. The number of nitrogens with one attached hydrogen (secondary N) is 2. The van der Waals surface area contributed by atoms with Crippen LogP contribution in [0.2, 0.25) is 0 Å². The van der Waals surface area contributed by atoms with Crippen molar-refractivity contribution in [3.05, 3.63) is 96.1 Å². The molecule has 35 heavy (non-hydrogen) atoms. The van der Waals surface area contributed by atoms with Gasteiger partial charge in [-0.3, -0.25) is 9.52 Å². The molecule has 1 unspecified atom stereocenters. The van der Waals surface area contributed by atoms with Crippen LogP contribution >= 0.6 is 0 Å². The Bertz CT molecular complexity index is 1490. The van der Waals surface area contributed by atoms with Crippen molar-refractivity contribution in [2.45, 2.75) is 17.9 Å². The molecule has 8 heteroatoms. The van der Waals surface area contributed by atoms with Crippen LogP contribution in [0.3, 0.4) is 0 Å². The molecule has 1 heterocycles. The molecule has 0 aromatic heterocycles. The van der Waals surface area contributed by atoms with Crippen LogP contribution in [0.15, 0.2) is 89.8 Å². The van der Waals surface area contributed by atoms with Gasteiger partial charge in [0.2, 0.25) is 0 Å². The summed E-state index contributed by atoms with van der Waals surface area (Å²) in [6, 6.07) is 24.6. The van der Waals surface area contributed by atoms with Crippen molar-refractivity contribution in [2.24, 2.45) is 0 Å². The van der Waals surface area contributed by atoms with Gasteiger partial charge in [-0.05, 0) is 59.7 Å². The number of carbonyl (C=O) groups is 1. The third-order valence-corrected chi connectivity index (χ3v) is 7.24. The zero-order valence-corrected chi connectivity index (χ0v) is 19.8. The van der Waals surface area contributed by atoms with Crippen LogP contribution in [0.5, 0.6) is 11.5 Å². The van der Waals surface area contributed by atoms with E-state index in [1.165, 1.54) is 12.1 Å². The highest BCUT2D eigenvalue weighted by Crippen LogP contribution is 2.33. The van der Waals surface area contributed by atoms with Crippen LogP contribution in [-0.4, -0.2) is 27.5 Å². The van der Waals surface area contributed by atoms with Crippen molar-refractivity contribution >= 4 is 32.4 Å². The lowest BCUT2D eigenvalue weighted by atomic mass is 9.99. The van der Waals surface area contributed by atoms with Crippen LogP contribution in [0, 0.1) is 0 Å². The van der Waals surface area contributed by atoms with Crippen LogP contribution in [-0.2, 0) is 10.0 Å². The van der Waals surface area contributed by atoms with Gasteiger partial charge in [-0.1, -0.05) is 42.5 Å². The summed E-state index contributed by atoms with van der Waals surface area (Å²) >= 11 is 0. The first-order valence-corrected chi connectivity index (χ1v) is 12.7. The number of fused-ring (bicyclic) bond motifs is 2. The summed E-state index contributed by atoms with van der Waals surface area (Å²) in [4.78, 5) is 12.9. The molecule has 7 nitrogen and oxygen atoms in total. The number of carbonyl (C=O) groups excluding carboxylic acids is 1. The third kappa shape index (κ3) is 4.79. The number of ether oxygens (including phenoxy) is 2. The van der Waals surface area contributed by atoms with E-state index >= 15 is 0 Å². The topological polar surface area (TPSA) is 93.7 Å². The molecule has 0 fully saturated rings. The smallest absolute Gasteiger partial charge is 0.262 e. The second kappa shape index (κ2) is 9.31. The zero-order chi connectivity index (χ0) is 24.4. The van der Waals surface area contributed by atoms with E-state index in [0.29, 0.717) is 36.0 Å². The van der Waals surface area contributed by atoms with Crippen molar-refractivity contribution < 1.29 is 22.7 Å². The first-order valence-electron chi connectivity index (χ1n) is 11.2. The molecule has 5 rings (SSSR count). The van der Waals surface area contributed by atoms with Gasteiger partial charge in [0, 0.05) is 17.3 Å². The predicted octanol–water partition coefficient (Wildman–Crippen LogP) is 4.90. The molecule has 0 radical (unpaired) electrons. The molecule has 0 saturated heterocycles. The second-order valence-electron chi connectivity index (χ2n) is 8.25. The number of rotatable bonds is 6. The molecule has 0 bridgehead atoms. The highest BCUT2D eigenvalue weighted by molar-refractivity contribution is 7.92. The van der Waals surface area contributed by atoms with Crippen molar-refractivity contribution in [2.75, 3.05) is 17.9 Å². The molecule has 0 aliphatic carbocycles. The zero-order valence-electron chi connectivity index (χ0n) is 19.0. The minimum Gasteiger partial charge on any atom is -0.486 e. The first kappa shape index (κ1) is 22.7. The molecular weight excluding hydrogens is 464 g/mol. The normalized spacial score (nSPS) is 13.7. The Morgan fingerprint density at radius 3 is 2.37 bits per heavy atom. The average Bonchev–Trinajstić information content (AvgIpc) is 2.88. The van der Waals surface area contributed by atoms with Crippen molar-refractivity contribution in [3.8, 4) is 11.5 Å². The van der Waals surface area contributed by atoms with E-state index in [-0.39, 0.29) is 16.8 Å². The van der Waals surface area contributed by atoms with Crippen molar-refractivity contribution in [1.82, 2.24) is 5.32 Å². The standard InChI is InChI=1S/C27H24N2O5S/c1-18(23-8-4-6-19-5-2-3-7-24(19)23)28-27(30)20-9-11-21(12-10-20)29-35(31,32)22-13-14-25-26(17-22)34-16-15-33-25/h2-14,17-18,29H,15-16H2,1H3,(H,28,30). The van der Waals surface area contributed by atoms with E-state index in [2.05, 4.69) is 10.0 Å². The van der Waals surface area contributed by atoms with Crippen LogP contribution < -0.4 is 19.5 Å². The van der Waals surface area contributed by atoms with Gasteiger partial charge < -0.3 is 14.8 Å². The van der Waals surface area contributed by atoms with Crippen LogP contribution in [0.1, 0.15) is 28.9 Å². The maximum Gasteiger partial charge on any atom is 0.262 e. The monoisotopic (exact) mass is 488 g/mol. The van der Waals surface area contributed by atoms with E-state index < -0.39 is 10.0 Å². The Kier molecular flexibility index (Phi) is 6.05. The number of benzene rings is 4. The summed E-state index contributed by atoms with van der Waals surface area (Å²) in [6.45, 7) is 2.74. The van der Waals surface area contributed by atoms with E-state index in [9.17, 15) is 13.2 Å². The van der Waals surface area contributed by atoms with Gasteiger partial charge in [0.05, 0.1) is 10.9 Å². The molecule has 1 atom stereocenters. The SMILES string of the molecule is CC(NC(=O)c1ccc(NS(=O)(=O)c2ccc3c(c2)OCCO3)cc1)c1cccc2ccccc12. The molecule has 178 valence electrons. The molecular formula is C27H24N2O5S. The number of hydrogen-bond acceptors (Lipinski definition) is 5. The molecule has 1 aliphatic heterocycles. The summed E-state index contributed by atoms with van der Waals surface area (Å²) in [6.07, 6.45) is 0. The lowest BCUT2D eigenvalue weighted by molar-refractivity contribution is 0.0940. The van der Waals surface area contributed by atoms with Crippen molar-refractivity contribution in [3.63, 3.8) is 0 Å². The van der Waals surface area contributed by atoms with Gasteiger partial charge >= 0.3 is 0 Å². The summed E-state index contributed by atoms with van der Waals surface area (Å²) in [5.74, 6) is 0.668. The quantitative estimate of drug-likeness (QED) is 0.403. The summed E-state index contributed by atoms with van der Waals surface area (Å²) in [5, 5.41) is 5.23. The molecule has 4 aromatic carbocycles. The Morgan fingerprint density at radius 2 is 1.57 bits per heavy atom. The van der Waals surface area contributed by atoms with Gasteiger partial charge in [-0.2, -0.15) is 0 Å². The highest BCUT2D eigenvalue weighted by atomic mass is 32.2. The first-order chi connectivity index (χ1) is 16.9. The largest absolute Gasteiger partial charge is 0.486 e. The molecule has 0 saturated carbocycles. The lowest BCUT2D eigenvalue weighted by Gasteiger charge is -2.19. The summed E-state index contributed by atoms with van der Waals surface area (Å²) < 4.78 is 39.1. The average molecular weight is 489 g/mol. The Balaban J connectivity index is 1.28.